The molecule has 0 unspecified atom stereocenters. The number of carbonyl (C=O) groups excluding carboxylic acids is 1. The molecule has 0 radical (unpaired) electrons. The minimum Gasteiger partial charge on any atom is -0.396 e. The third-order valence-electron chi connectivity index (χ3n) is 2.97. The van der Waals surface area contributed by atoms with Crippen molar-refractivity contribution in [3.63, 3.8) is 0 Å². The summed E-state index contributed by atoms with van der Waals surface area (Å²) < 4.78 is 27.0. The number of hydrogen-bond donors (Lipinski definition) is 3. The lowest BCUT2D eigenvalue weighted by Gasteiger charge is -2.14. The minimum absolute atomic E-state index is 0.00323. The van der Waals surface area contributed by atoms with Gasteiger partial charge in [-0.15, -0.1) is 0 Å². The second-order valence-corrected chi connectivity index (χ2v) is 4.95. The van der Waals surface area contributed by atoms with Crippen molar-refractivity contribution in [2.75, 3.05) is 11.9 Å². The lowest BCUT2D eigenvalue weighted by Crippen LogP contribution is -2.36. The molecule has 0 aliphatic heterocycles. The molecule has 7 heteroatoms. The van der Waals surface area contributed by atoms with Gasteiger partial charge in [0, 0.05) is 23.6 Å². The molecular formula is C13H13ClF2N2O2. The first kappa shape index (κ1) is 14.7. The molecule has 20 heavy (non-hydrogen) atoms. The topological polar surface area (TPSA) is 61.4 Å². The number of amides is 2. The molecule has 0 spiro atoms. The van der Waals surface area contributed by atoms with Gasteiger partial charge in [0.25, 0.3) is 0 Å². The first-order chi connectivity index (χ1) is 9.49. The van der Waals surface area contributed by atoms with Crippen molar-refractivity contribution in [2.45, 2.75) is 12.5 Å². The number of anilines is 1. The van der Waals surface area contributed by atoms with Crippen LogP contribution in [-0.4, -0.2) is 23.8 Å². The lowest BCUT2D eigenvalue weighted by atomic mass is 10.1. The fraction of sp³-hybridized carbons (Fsp3) is 0.308. The lowest BCUT2D eigenvalue weighted by molar-refractivity contribution is 0.238. The van der Waals surface area contributed by atoms with E-state index in [0.717, 1.165) is 12.1 Å². The molecule has 2 rings (SSSR count). The Balaban J connectivity index is 1.97. The van der Waals surface area contributed by atoms with E-state index in [4.69, 9.17) is 16.7 Å². The van der Waals surface area contributed by atoms with Gasteiger partial charge in [0.1, 0.15) is 5.69 Å². The molecule has 1 aliphatic rings. The van der Waals surface area contributed by atoms with Crippen molar-refractivity contribution in [3.8, 4) is 0 Å². The molecule has 2 amide bonds. The first-order valence-corrected chi connectivity index (χ1v) is 6.38. The Bertz CT molecular complexity index is 528. The van der Waals surface area contributed by atoms with Crippen LogP contribution in [0, 0.1) is 17.6 Å². The quantitative estimate of drug-likeness (QED) is 0.752. The fourth-order valence-electron chi connectivity index (χ4n) is 2.00. The molecule has 1 aromatic carbocycles. The van der Waals surface area contributed by atoms with Crippen molar-refractivity contribution in [2.24, 2.45) is 5.92 Å². The smallest absolute Gasteiger partial charge is 0.319 e. The van der Waals surface area contributed by atoms with Crippen LogP contribution in [0.1, 0.15) is 6.42 Å². The van der Waals surface area contributed by atoms with Gasteiger partial charge in [0.2, 0.25) is 0 Å². The third kappa shape index (κ3) is 3.46. The van der Waals surface area contributed by atoms with Crippen LogP contribution in [0.3, 0.4) is 0 Å². The summed E-state index contributed by atoms with van der Waals surface area (Å²) in [5.41, 5.74) is -0.549. The number of halogens is 3. The van der Waals surface area contributed by atoms with Gasteiger partial charge in [-0.25, -0.2) is 13.6 Å². The number of carbonyl (C=O) groups is 1. The molecule has 0 saturated heterocycles. The van der Waals surface area contributed by atoms with Crippen LogP contribution in [0.4, 0.5) is 19.3 Å². The van der Waals surface area contributed by atoms with Crippen LogP contribution in [0.15, 0.2) is 24.3 Å². The molecule has 1 aliphatic carbocycles. The summed E-state index contributed by atoms with van der Waals surface area (Å²) in [5.74, 6) is -1.90. The van der Waals surface area contributed by atoms with Gasteiger partial charge in [-0.2, -0.15) is 0 Å². The van der Waals surface area contributed by atoms with Gasteiger partial charge in [-0.1, -0.05) is 23.8 Å². The maximum absolute atomic E-state index is 13.5. The zero-order valence-electron chi connectivity index (χ0n) is 10.4. The van der Waals surface area contributed by atoms with E-state index >= 15 is 0 Å². The van der Waals surface area contributed by atoms with Gasteiger partial charge >= 0.3 is 6.03 Å². The van der Waals surface area contributed by atoms with Gasteiger partial charge in [0.15, 0.2) is 11.6 Å². The first-order valence-electron chi connectivity index (χ1n) is 6.01. The second kappa shape index (κ2) is 6.19. The van der Waals surface area contributed by atoms with Crippen LogP contribution in [-0.2, 0) is 0 Å². The highest BCUT2D eigenvalue weighted by atomic mass is 35.5. The van der Waals surface area contributed by atoms with Gasteiger partial charge in [-0.05, 0) is 18.6 Å². The van der Waals surface area contributed by atoms with Crippen molar-refractivity contribution in [1.29, 1.82) is 0 Å². The largest absolute Gasteiger partial charge is 0.396 e. The molecule has 108 valence electrons. The van der Waals surface area contributed by atoms with E-state index in [-0.39, 0.29) is 23.6 Å². The summed E-state index contributed by atoms with van der Waals surface area (Å²) in [7, 11) is 0. The van der Waals surface area contributed by atoms with Gasteiger partial charge in [0.05, 0.1) is 0 Å². The number of hydrogen-bond acceptors (Lipinski definition) is 2. The summed E-state index contributed by atoms with van der Waals surface area (Å²) in [6.07, 6.45) is 4.07. The number of urea groups is 1. The van der Waals surface area contributed by atoms with Crippen molar-refractivity contribution in [1.82, 2.24) is 5.32 Å². The fourth-order valence-corrected chi connectivity index (χ4v) is 2.19. The Kier molecular flexibility index (Phi) is 4.57. The molecule has 0 bridgehead atoms. The van der Waals surface area contributed by atoms with E-state index in [2.05, 4.69) is 10.6 Å². The number of aliphatic hydroxyl groups excluding tert-OH is 1. The van der Waals surface area contributed by atoms with Crippen molar-refractivity contribution < 1.29 is 18.7 Å². The van der Waals surface area contributed by atoms with Gasteiger partial charge < -0.3 is 15.7 Å². The van der Waals surface area contributed by atoms with E-state index in [1.807, 2.05) is 0 Å². The Morgan fingerprint density at radius 2 is 2.00 bits per heavy atom. The van der Waals surface area contributed by atoms with E-state index in [1.165, 1.54) is 0 Å². The van der Waals surface area contributed by atoms with Crippen LogP contribution >= 0.6 is 11.6 Å². The second-order valence-electron chi connectivity index (χ2n) is 4.51. The average molecular weight is 303 g/mol. The summed E-state index contributed by atoms with van der Waals surface area (Å²) in [6, 6.07) is 0.832. The zero-order valence-corrected chi connectivity index (χ0v) is 11.1. The molecule has 0 aromatic heterocycles. The summed E-state index contributed by atoms with van der Waals surface area (Å²) >= 11 is 5.49. The standard InChI is InChI=1S/C13H13ClF2N2O2/c14-8-4-10(15)12(11(16)5-8)18-13(20)17-9-2-1-7(3-9)6-19/h1-2,4-5,7,9,19H,3,6H2,(H2,17,18,20)/t7-,9+/m0/s1. The molecule has 4 nitrogen and oxygen atoms in total. The molecule has 0 heterocycles. The highest BCUT2D eigenvalue weighted by Crippen LogP contribution is 2.23. The van der Waals surface area contributed by atoms with Crippen LogP contribution < -0.4 is 10.6 Å². The van der Waals surface area contributed by atoms with Gasteiger partial charge in [-0.3, -0.25) is 0 Å². The third-order valence-corrected chi connectivity index (χ3v) is 3.19. The Labute approximate surface area is 119 Å². The molecule has 1 aromatic rings. The number of rotatable bonds is 3. The van der Waals surface area contributed by atoms with Crippen LogP contribution in [0.25, 0.3) is 0 Å². The van der Waals surface area contributed by atoms with Crippen molar-refractivity contribution in [3.05, 3.63) is 40.9 Å². The monoisotopic (exact) mass is 302 g/mol. The number of nitrogens with one attached hydrogen (secondary N) is 2. The predicted molar refractivity (Wildman–Crippen MR) is 71.6 cm³/mol. The average Bonchev–Trinajstić information content (AvgIpc) is 2.81. The number of aliphatic hydroxyl groups is 1. The molecule has 3 N–H and O–H groups in total. The maximum atomic E-state index is 13.5. The van der Waals surface area contributed by atoms with E-state index in [9.17, 15) is 13.6 Å². The Morgan fingerprint density at radius 3 is 2.55 bits per heavy atom. The molecule has 0 saturated carbocycles. The van der Waals surface area contributed by atoms with E-state index in [0.29, 0.717) is 6.42 Å². The Morgan fingerprint density at radius 1 is 1.35 bits per heavy atom. The highest BCUT2D eigenvalue weighted by Gasteiger charge is 2.21. The normalized spacial score (nSPS) is 21.0. The minimum atomic E-state index is -0.944. The van der Waals surface area contributed by atoms with Crippen LogP contribution in [0.2, 0.25) is 5.02 Å². The van der Waals surface area contributed by atoms with Crippen molar-refractivity contribution >= 4 is 23.3 Å². The molecule has 0 fully saturated rings. The molecular weight excluding hydrogens is 290 g/mol. The molecule has 2 atom stereocenters. The number of benzene rings is 1. The van der Waals surface area contributed by atoms with E-state index in [1.54, 1.807) is 12.2 Å². The summed E-state index contributed by atoms with van der Waals surface area (Å²) in [4.78, 5) is 11.7. The highest BCUT2D eigenvalue weighted by molar-refractivity contribution is 6.30. The Hall–Kier alpha value is -1.66. The van der Waals surface area contributed by atoms with E-state index < -0.39 is 23.4 Å². The summed E-state index contributed by atoms with van der Waals surface area (Å²) in [5, 5.41) is 13.5. The van der Waals surface area contributed by atoms with Crippen LogP contribution in [0.5, 0.6) is 0 Å². The SMILES string of the molecule is O=C(Nc1c(F)cc(Cl)cc1F)N[C@@H]1C=C[C@H](CO)C1. The predicted octanol–water partition coefficient (Wildman–Crippen LogP) is 2.68. The maximum Gasteiger partial charge on any atom is 0.319 e. The summed E-state index contributed by atoms with van der Waals surface area (Å²) in [6.45, 7) is -0.00323. The zero-order chi connectivity index (χ0) is 14.7.